The number of amides is 1. The highest BCUT2D eigenvalue weighted by Gasteiger charge is 2.38. The van der Waals surface area contributed by atoms with Crippen molar-refractivity contribution in [2.24, 2.45) is 17.6 Å². The van der Waals surface area contributed by atoms with Crippen LogP contribution in [0, 0.1) is 11.8 Å². The van der Waals surface area contributed by atoms with Crippen molar-refractivity contribution in [3.05, 3.63) is 0 Å². The number of nitrogens with one attached hydrogen (secondary N) is 1. The predicted molar refractivity (Wildman–Crippen MR) is 74.2 cm³/mol. The van der Waals surface area contributed by atoms with E-state index in [1.165, 1.54) is 0 Å². The molecule has 1 fully saturated rings. The third-order valence-electron chi connectivity index (χ3n) is 3.94. The van der Waals surface area contributed by atoms with Gasteiger partial charge < -0.3 is 11.1 Å². The number of hydrogen-bond acceptors (Lipinski definition) is 2. The summed E-state index contributed by atoms with van der Waals surface area (Å²) >= 11 is 0. The molecular formula is C13H27ClN2O. The van der Waals surface area contributed by atoms with E-state index in [9.17, 15) is 4.79 Å². The number of carbonyl (C=O) groups excluding carboxylic acids is 1. The summed E-state index contributed by atoms with van der Waals surface area (Å²) in [5.41, 5.74) is 5.89. The molecule has 1 aliphatic rings. The molecule has 1 aliphatic carbocycles. The smallest absolute Gasteiger partial charge is 0.225 e. The Morgan fingerprint density at radius 2 is 1.94 bits per heavy atom. The van der Waals surface area contributed by atoms with Crippen molar-refractivity contribution in [1.82, 2.24) is 5.32 Å². The van der Waals surface area contributed by atoms with Crippen LogP contribution in [0.3, 0.4) is 0 Å². The average Bonchev–Trinajstić information content (AvgIpc) is 2.16. The lowest BCUT2D eigenvalue weighted by Crippen LogP contribution is -2.54. The molecule has 1 amide bonds. The highest BCUT2D eigenvalue weighted by Crippen LogP contribution is 2.31. The van der Waals surface area contributed by atoms with E-state index in [4.69, 9.17) is 5.73 Å². The Bertz CT molecular complexity index is 254. The van der Waals surface area contributed by atoms with Gasteiger partial charge in [0.05, 0.1) is 5.92 Å². The largest absolute Gasteiger partial charge is 0.353 e. The summed E-state index contributed by atoms with van der Waals surface area (Å²) in [7, 11) is 0. The van der Waals surface area contributed by atoms with Gasteiger partial charge in [-0.2, -0.15) is 0 Å². The topological polar surface area (TPSA) is 55.1 Å². The number of nitrogens with two attached hydrogens (primary N) is 1. The predicted octanol–water partition coefficient (Wildman–Crippen LogP) is 2.48. The van der Waals surface area contributed by atoms with Gasteiger partial charge in [-0.3, -0.25) is 4.79 Å². The summed E-state index contributed by atoms with van der Waals surface area (Å²) in [6.07, 6.45) is 4.17. The first-order chi connectivity index (χ1) is 7.34. The van der Waals surface area contributed by atoms with Gasteiger partial charge in [0.1, 0.15) is 0 Å². The molecule has 0 aromatic carbocycles. The molecule has 3 atom stereocenters. The number of halogens is 1. The molecule has 4 heteroatoms. The maximum Gasteiger partial charge on any atom is 0.225 e. The molecule has 1 rings (SSSR count). The van der Waals surface area contributed by atoms with E-state index in [0.717, 1.165) is 25.7 Å². The van der Waals surface area contributed by atoms with E-state index in [0.29, 0.717) is 5.92 Å². The average molecular weight is 263 g/mol. The maximum absolute atomic E-state index is 12.1. The molecule has 0 aromatic rings. The molecule has 0 saturated heterocycles. The Labute approximate surface area is 111 Å². The van der Waals surface area contributed by atoms with Gasteiger partial charge in [-0.1, -0.05) is 26.7 Å². The number of hydrogen-bond donors (Lipinski definition) is 2. The van der Waals surface area contributed by atoms with E-state index in [-0.39, 0.29) is 35.8 Å². The van der Waals surface area contributed by atoms with Crippen LogP contribution in [0.5, 0.6) is 0 Å². The van der Waals surface area contributed by atoms with Gasteiger partial charge >= 0.3 is 0 Å². The Morgan fingerprint density at radius 1 is 1.35 bits per heavy atom. The van der Waals surface area contributed by atoms with Crippen LogP contribution in [0.15, 0.2) is 0 Å². The molecule has 3 N–H and O–H groups in total. The van der Waals surface area contributed by atoms with Crippen LogP contribution < -0.4 is 11.1 Å². The van der Waals surface area contributed by atoms with Crippen LogP contribution in [0.4, 0.5) is 0 Å². The minimum Gasteiger partial charge on any atom is -0.353 e. The maximum atomic E-state index is 12.1. The minimum atomic E-state index is -0.320. The molecule has 102 valence electrons. The SMILES string of the molecule is CC(C)C(C)NC(=O)C1CCCCC1(C)N.Cl. The zero-order valence-corrected chi connectivity index (χ0v) is 12.3. The van der Waals surface area contributed by atoms with Crippen LogP contribution in [0.2, 0.25) is 0 Å². The Hall–Kier alpha value is -0.280. The molecular weight excluding hydrogens is 236 g/mol. The van der Waals surface area contributed by atoms with E-state index in [1.54, 1.807) is 0 Å². The summed E-state index contributed by atoms with van der Waals surface area (Å²) in [5.74, 6) is 0.602. The van der Waals surface area contributed by atoms with Crippen molar-refractivity contribution in [2.45, 2.75) is 65.0 Å². The van der Waals surface area contributed by atoms with Gasteiger partial charge in [-0.25, -0.2) is 0 Å². The van der Waals surface area contributed by atoms with Crippen LogP contribution >= 0.6 is 12.4 Å². The van der Waals surface area contributed by atoms with Crippen molar-refractivity contribution in [3.63, 3.8) is 0 Å². The molecule has 0 heterocycles. The monoisotopic (exact) mass is 262 g/mol. The van der Waals surface area contributed by atoms with Gasteiger partial charge in [-0.05, 0) is 32.6 Å². The van der Waals surface area contributed by atoms with Gasteiger partial charge in [0, 0.05) is 11.6 Å². The van der Waals surface area contributed by atoms with E-state index >= 15 is 0 Å². The second-order valence-electron chi connectivity index (χ2n) is 5.85. The van der Waals surface area contributed by atoms with Gasteiger partial charge in [0.25, 0.3) is 0 Å². The molecule has 0 aromatic heterocycles. The number of carbonyl (C=O) groups is 1. The first-order valence-corrected chi connectivity index (χ1v) is 6.44. The summed E-state index contributed by atoms with van der Waals surface area (Å²) in [4.78, 5) is 12.1. The highest BCUT2D eigenvalue weighted by atomic mass is 35.5. The second kappa shape index (κ2) is 6.60. The van der Waals surface area contributed by atoms with Gasteiger partial charge in [0.2, 0.25) is 5.91 Å². The molecule has 17 heavy (non-hydrogen) atoms. The highest BCUT2D eigenvalue weighted by molar-refractivity contribution is 5.85. The fraction of sp³-hybridized carbons (Fsp3) is 0.923. The first-order valence-electron chi connectivity index (χ1n) is 6.44. The van der Waals surface area contributed by atoms with Crippen molar-refractivity contribution in [2.75, 3.05) is 0 Å². The first kappa shape index (κ1) is 16.7. The van der Waals surface area contributed by atoms with Gasteiger partial charge in [0.15, 0.2) is 0 Å². The standard InChI is InChI=1S/C13H26N2O.ClH/c1-9(2)10(3)15-12(16)11-7-5-6-8-13(11,4)14;/h9-11H,5-8,14H2,1-4H3,(H,15,16);1H. The van der Waals surface area contributed by atoms with Crippen molar-refractivity contribution >= 4 is 18.3 Å². The van der Waals surface area contributed by atoms with E-state index < -0.39 is 0 Å². The summed E-state index contributed by atoms with van der Waals surface area (Å²) in [6.45, 7) is 8.30. The molecule has 0 bridgehead atoms. The van der Waals surface area contributed by atoms with Crippen LogP contribution in [-0.4, -0.2) is 17.5 Å². The Kier molecular flexibility index (Phi) is 6.49. The van der Waals surface area contributed by atoms with Crippen molar-refractivity contribution in [3.8, 4) is 0 Å². The van der Waals surface area contributed by atoms with Crippen LogP contribution in [0.1, 0.15) is 53.4 Å². The lowest BCUT2D eigenvalue weighted by Gasteiger charge is -2.38. The minimum absolute atomic E-state index is 0. The van der Waals surface area contributed by atoms with Crippen molar-refractivity contribution < 1.29 is 4.79 Å². The zero-order chi connectivity index (χ0) is 12.3. The van der Waals surface area contributed by atoms with Crippen molar-refractivity contribution in [1.29, 1.82) is 0 Å². The molecule has 3 nitrogen and oxygen atoms in total. The molecule has 0 radical (unpaired) electrons. The molecule has 0 spiro atoms. The summed E-state index contributed by atoms with van der Waals surface area (Å²) in [6, 6.07) is 0.227. The fourth-order valence-electron chi connectivity index (χ4n) is 2.28. The third kappa shape index (κ3) is 4.47. The van der Waals surface area contributed by atoms with Crippen LogP contribution in [-0.2, 0) is 4.79 Å². The molecule has 1 saturated carbocycles. The normalized spacial score (nSPS) is 30.6. The third-order valence-corrected chi connectivity index (χ3v) is 3.94. The zero-order valence-electron chi connectivity index (χ0n) is 11.5. The van der Waals surface area contributed by atoms with E-state index in [1.807, 2.05) is 6.92 Å². The lowest BCUT2D eigenvalue weighted by molar-refractivity contribution is -0.129. The second-order valence-corrected chi connectivity index (χ2v) is 5.85. The fourth-order valence-corrected chi connectivity index (χ4v) is 2.28. The Balaban J connectivity index is 0.00000256. The quantitative estimate of drug-likeness (QED) is 0.821. The van der Waals surface area contributed by atoms with Gasteiger partial charge in [-0.15, -0.1) is 12.4 Å². The Morgan fingerprint density at radius 3 is 2.41 bits per heavy atom. The van der Waals surface area contributed by atoms with E-state index in [2.05, 4.69) is 26.1 Å². The van der Waals surface area contributed by atoms with Crippen LogP contribution in [0.25, 0.3) is 0 Å². The number of rotatable bonds is 3. The summed E-state index contributed by atoms with van der Waals surface area (Å²) < 4.78 is 0. The molecule has 0 aliphatic heterocycles. The molecule has 3 unspecified atom stereocenters. The summed E-state index contributed by atoms with van der Waals surface area (Å²) in [5, 5.41) is 3.09. The lowest BCUT2D eigenvalue weighted by atomic mass is 9.74.